The van der Waals surface area contributed by atoms with E-state index in [0.717, 1.165) is 18.8 Å². The van der Waals surface area contributed by atoms with E-state index in [9.17, 15) is 14.0 Å². The van der Waals surface area contributed by atoms with E-state index in [2.05, 4.69) is 10.2 Å². The van der Waals surface area contributed by atoms with Gasteiger partial charge in [0.15, 0.2) is 0 Å². The topological polar surface area (TPSA) is 52.7 Å². The van der Waals surface area contributed by atoms with Crippen LogP contribution in [0.5, 0.6) is 0 Å². The summed E-state index contributed by atoms with van der Waals surface area (Å²) >= 11 is 0. The minimum absolute atomic E-state index is 0.174. The van der Waals surface area contributed by atoms with Gasteiger partial charge in [0.05, 0.1) is 0 Å². The van der Waals surface area contributed by atoms with Gasteiger partial charge in [-0.3, -0.25) is 9.59 Å². The Morgan fingerprint density at radius 3 is 2.42 bits per heavy atom. The predicted molar refractivity (Wildman–Crippen MR) is 101 cm³/mol. The van der Waals surface area contributed by atoms with Gasteiger partial charge in [-0.2, -0.15) is 0 Å². The molecule has 6 heteroatoms. The minimum atomic E-state index is -0.452. The van der Waals surface area contributed by atoms with Gasteiger partial charge in [-0.25, -0.2) is 4.39 Å². The molecule has 0 saturated carbocycles. The van der Waals surface area contributed by atoms with Gasteiger partial charge in [-0.05, 0) is 55.3 Å². The van der Waals surface area contributed by atoms with E-state index in [1.54, 1.807) is 6.07 Å². The maximum absolute atomic E-state index is 13.4. The molecule has 5 nitrogen and oxygen atoms in total. The van der Waals surface area contributed by atoms with Crippen LogP contribution >= 0.6 is 0 Å². The van der Waals surface area contributed by atoms with Gasteiger partial charge in [0, 0.05) is 37.1 Å². The smallest absolute Gasteiger partial charge is 0.244 e. The van der Waals surface area contributed by atoms with E-state index in [-0.39, 0.29) is 18.4 Å². The standard InChI is InChI=1S/C20H22FN3O2/c1-15(25)24(19-6-4-5-16(21)13-19)14-20(26)22-17-7-9-18(10-8-17)23-11-2-3-12-23/h4-10,13H,2-3,11-12,14H2,1H3,(H,22,26). The third-order valence-electron chi connectivity index (χ3n) is 4.42. The number of nitrogens with zero attached hydrogens (tertiary/aromatic N) is 2. The highest BCUT2D eigenvalue weighted by Crippen LogP contribution is 2.22. The van der Waals surface area contributed by atoms with Crippen molar-refractivity contribution < 1.29 is 14.0 Å². The average Bonchev–Trinajstić information content (AvgIpc) is 3.15. The van der Waals surface area contributed by atoms with Crippen LogP contribution in [0.25, 0.3) is 0 Å². The van der Waals surface area contributed by atoms with Crippen LogP contribution in [0.2, 0.25) is 0 Å². The number of benzene rings is 2. The Morgan fingerprint density at radius 1 is 1.12 bits per heavy atom. The molecule has 1 N–H and O–H groups in total. The van der Waals surface area contributed by atoms with Gasteiger partial charge in [-0.15, -0.1) is 0 Å². The van der Waals surface area contributed by atoms with Crippen LogP contribution in [0.4, 0.5) is 21.5 Å². The summed E-state index contributed by atoms with van der Waals surface area (Å²) in [6.07, 6.45) is 2.42. The molecule has 3 rings (SSSR count). The first-order valence-corrected chi connectivity index (χ1v) is 8.71. The number of nitrogens with one attached hydrogen (secondary N) is 1. The molecule has 2 amide bonds. The van der Waals surface area contributed by atoms with Crippen LogP contribution in [0.15, 0.2) is 48.5 Å². The number of hydrogen-bond donors (Lipinski definition) is 1. The van der Waals surface area contributed by atoms with Crippen LogP contribution in [0.3, 0.4) is 0 Å². The van der Waals surface area contributed by atoms with Gasteiger partial charge in [0.25, 0.3) is 0 Å². The molecule has 1 heterocycles. The summed E-state index contributed by atoms with van der Waals surface area (Å²) in [4.78, 5) is 27.7. The number of halogens is 1. The Kier molecular flexibility index (Phi) is 5.51. The molecule has 2 aromatic carbocycles. The zero-order valence-corrected chi connectivity index (χ0v) is 14.7. The first-order chi connectivity index (χ1) is 12.5. The van der Waals surface area contributed by atoms with E-state index in [0.29, 0.717) is 11.4 Å². The van der Waals surface area contributed by atoms with Gasteiger partial charge >= 0.3 is 0 Å². The normalized spacial score (nSPS) is 13.5. The molecule has 1 fully saturated rings. The van der Waals surface area contributed by atoms with Crippen molar-refractivity contribution in [2.45, 2.75) is 19.8 Å². The summed E-state index contributed by atoms with van der Waals surface area (Å²) in [5.41, 5.74) is 2.17. The van der Waals surface area contributed by atoms with Gasteiger partial charge in [-0.1, -0.05) is 6.07 Å². The van der Waals surface area contributed by atoms with E-state index in [4.69, 9.17) is 0 Å². The third kappa shape index (κ3) is 4.39. The van der Waals surface area contributed by atoms with Crippen molar-refractivity contribution in [1.82, 2.24) is 0 Å². The third-order valence-corrected chi connectivity index (χ3v) is 4.42. The van der Waals surface area contributed by atoms with Crippen LogP contribution in [-0.2, 0) is 9.59 Å². The second-order valence-corrected chi connectivity index (χ2v) is 6.37. The molecule has 0 aromatic heterocycles. The Morgan fingerprint density at radius 2 is 1.81 bits per heavy atom. The van der Waals surface area contributed by atoms with Crippen LogP contribution in [0, 0.1) is 5.82 Å². The fourth-order valence-electron chi connectivity index (χ4n) is 3.10. The number of amides is 2. The lowest BCUT2D eigenvalue weighted by molar-refractivity contribution is -0.120. The maximum Gasteiger partial charge on any atom is 0.244 e. The first-order valence-electron chi connectivity index (χ1n) is 8.71. The van der Waals surface area contributed by atoms with Crippen LogP contribution < -0.4 is 15.1 Å². The summed E-state index contributed by atoms with van der Waals surface area (Å²) in [6, 6.07) is 13.3. The Bertz CT molecular complexity index is 786. The predicted octanol–water partition coefficient (Wildman–Crippen LogP) is 3.42. The van der Waals surface area contributed by atoms with Crippen molar-refractivity contribution in [2.24, 2.45) is 0 Å². The molecule has 0 radical (unpaired) electrons. The highest BCUT2D eigenvalue weighted by Gasteiger charge is 2.17. The Balaban J connectivity index is 1.64. The van der Waals surface area contributed by atoms with Crippen molar-refractivity contribution in [3.63, 3.8) is 0 Å². The minimum Gasteiger partial charge on any atom is -0.372 e. The second-order valence-electron chi connectivity index (χ2n) is 6.37. The van der Waals surface area contributed by atoms with Crippen molar-refractivity contribution >= 4 is 28.9 Å². The van der Waals surface area contributed by atoms with E-state index in [1.165, 1.54) is 42.9 Å². The maximum atomic E-state index is 13.4. The van der Waals surface area contributed by atoms with Gasteiger partial charge in [0.2, 0.25) is 11.8 Å². The SMILES string of the molecule is CC(=O)N(CC(=O)Nc1ccc(N2CCCC2)cc1)c1cccc(F)c1. The number of carbonyl (C=O) groups is 2. The lowest BCUT2D eigenvalue weighted by Crippen LogP contribution is -2.36. The molecule has 0 atom stereocenters. The second kappa shape index (κ2) is 7.99. The van der Waals surface area contributed by atoms with E-state index < -0.39 is 5.82 Å². The van der Waals surface area contributed by atoms with Gasteiger partial charge in [0.1, 0.15) is 12.4 Å². The fraction of sp³-hybridized carbons (Fsp3) is 0.300. The summed E-state index contributed by atoms with van der Waals surface area (Å²) < 4.78 is 13.4. The molecular weight excluding hydrogens is 333 g/mol. The molecule has 0 spiro atoms. The van der Waals surface area contributed by atoms with Crippen molar-refractivity contribution in [2.75, 3.05) is 34.8 Å². The molecule has 136 valence electrons. The largest absolute Gasteiger partial charge is 0.372 e. The average molecular weight is 355 g/mol. The molecule has 1 aliphatic rings. The fourth-order valence-corrected chi connectivity index (χ4v) is 3.10. The molecule has 2 aromatic rings. The summed E-state index contributed by atoms with van der Waals surface area (Å²) in [5, 5.41) is 2.78. The van der Waals surface area contributed by atoms with E-state index in [1.807, 2.05) is 24.3 Å². The zero-order chi connectivity index (χ0) is 18.5. The monoisotopic (exact) mass is 355 g/mol. The quantitative estimate of drug-likeness (QED) is 0.894. The van der Waals surface area contributed by atoms with Crippen molar-refractivity contribution in [3.05, 3.63) is 54.3 Å². The number of hydrogen-bond acceptors (Lipinski definition) is 3. The summed E-state index contributed by atoms with van der Waals surface area (Å²) in [7, 11) is 0. The lowest BCUT2D eigenvalue weighted by atomic mass is 10.2. The van der Waals surface area contributed by atoms with Crippen LogP contribution in [-0.4, -0.2) is 31.4 Å². The molecular formula is C20H22FN3O2. The number of anilines is 3. The number of carbonyl (C=O) groups excluding carboxylic acids is 2. The summed E-state index contributed by atoms with van der Waals surface area (Å²) in [6.45, 7) is 3.30. The van der Waals surface area contributed by atoms with Crippen molar-refractivity contribution in [1.29, 1.82) is 0 Å². The van der Waals surface area contributed by atoms with Crippen molar-refractivity contribution in [3.8, 4) is 0 Å². The Hall–Kier alpha value is -2.89. The molecule has 0 aliphatic carbocycles. The highest BCUT2D eigenvalue weighted by atomic mass is 19.1. The molecule has 0 unspecified atom stereocenters. The Labute approximate surface area is 152 Å². The molecule has 0 bridgehead atoms. The lowest BCUT2D eigenvalue weighted by Gasteiger charge is -2.21. The number of rotatable bonds is 5. The molecule has 1 saturated heterocycles. The van der Waals surface area contributed by atoms with E-state index >= 15 is 0 Å². The van der Waals surface area contributed by atoms with Gasteiger partial charge < -0.3 is 15.1 Å². The molecule has 26 heavy (non-hydrogen) atoms. The summed E-state index contributed by atoms with van der Waals surface area (Å²) in [5.74, 6) is -1.11. The first kappa shape index (κ1) is 17.9. The zero-order valence-electron chi connectivity index (χ0n) is 14.7. The van der Waals surface area contributed by atoms with Crippen LogP contribution in [0.1, 0.15) is 19.8 Å². The molecule has 1 aliphatic heterocycles. The highest BCUT2D eigenvalue weighted by molar-refractivity contribution is 6.01.